The molecule has 5 heterocycles. The second-order valence-electron chi connectivity index (χ2n) is 12.8. The van der Waals surface area contributed by atoms with Gasteiger partial charge >= 0.3 is 0 Å². The number of pyridine rings is 1. The van der Waals surface area contributed by atoms with Gasteiger partial charge in [0.05, 0.1) is 41.2 Å². The summed E-state index contributed by atoms with van der Waals surface area (Å²) in [6, 6.07) is 12.7. The first-order valence-corrected chi connectivity index (χ1v) is 15.2. The van der Waals surface area contributed by atoms with Crippen molar-refractivity contribution in [1.82, 2.24) is 20.1 Å². The summed E-state index contributed by atoms with van der Waals surface area (Å²) >= 11 is 1.64. The molecule has 7 rings (SSSR count). The molecule has 1 aromatic carbocycles. The highest BCUT2D eigenvalue weighted by atomic mass is 32.1. The zero-order valence-electron chi connectivity index (χ0n) is 23.6. The number of nitrogens with zero attached hydrogens (tertiary/aromatic N) is 5. The van der Waals surface area contributed by atoms with Crippen LogP contribution in [0, 0.1) is 17.2 Å². The van der Waals surface area contributed by atoms with Crippen molar-refractivity contribution in [1.29, 1.82) is 5.26 Å². The van der Waals surface area contributed by atoms with Crippen molar-refractivity contribution in [2.24, 2.45) is 5.92 Å². The molecule has 4 aromatic rings. The molecular weight excluding hydrogens is 532 g/mol. The van der Waals surface area contributed by atoms with Crippen LogP contribution < -0.4 is 15.8 Å². The number of benzene rings is 1. The van der Waals surface area contributed by atoms with Crippen molar-refractivity contribution in [2.45, 2.75) is 63.6 Å². The molecule has 1 aliphatic carbocycles. The Hall–Kier alpha value is -3.58. The lowest BCUT2D eigenvalue weighted by molar-refractivity contribution is 0.254. The highest BCUT2D eigenvalue weighted by molar-refractivity contribution is 7.19. The molecular formula is C32H34N6O2S. The van der Waals surface area contributed by atoms with Gasteiger partial charge in [-0.1, -0.05) is 20.8 Å². The lowest BCUT2D eigenvalue weighted by atomic mass is 9.89. The Kier molecular flexibility index (Phi) is 6.27. The van der Waals surface area contributed by atoms with Crippen LogP contribution in [-0.2, 0) is 12.0 Å². The van der Waals surface area contributed by atoms with Crippen molar-refractivity contribution in [3.05, 3.63) is 74.6 Å². The van der Waals surface area contributed by atoms with Gasteiger partial charge in [-0.2, -0.15) is 10.4 Å². The zero-order chi connectivity index (χ0) is 28.5. The number of thiophene rings is 1. The highest BCUT2D eigenvalue weighted by Crippen LogP contribution is 2.58. The minimum atomic E-state index is -0.138. The van der Waals surface area contributed by atoms with E-state index in [4.69, 9.17) is 0 Å². The van der Waals surface area contributed by atoms with Crippen molar-refractivity contribution in [3.8, 4) is 17.2 Å². The number of hydrogen-bond donors (Lipinski definition) is 2. The van der Waals surface area contributed by atoms with Crippen LogP contribution in [0.3, 0.4) is 0 Å². The Labute approximate surface area is 243 Å². The first kappa shape index (κ1) is 26.3. The largest absolute Gasteiger partial charge is 0.395 e. The molecule has 210 valence electrons. The highest BCUT2D eigenvalue weighted by Gasteiger charge is 2.48. The van der Waals surface area contributed by atoms with Crippen LogP contribution in [0.2, 0.25) is 0 Å². The average molecular weight is 567 g/mol. The molecule has 8 nitrogen and oxygen atoms in total. The lowest BCUT2D eigenvalue weighted by Gasteiger charge is -2.37. The zero-order valence-corrected chi connectivity index (χ0v) is 24.4. The monoisotopic (exact) mass is 566 g/mol. The van der Waals surface area contributed by atoms with E-state index >= 15 is 0 Å². The third kappa shape index (κ3) is 4.64. The number of hydrogen-bond acceptors (Lipinski definition) is 8. The Bertz CT molecular complexity index is 1760. The molecule has 3 aliphatic rings. The quantitative estimate of drug-likeness (QED) is 0.369. The molecule has 9 heteroatoms. The van der Waals surface area contributed by atoms with Crippen molar-refractivity contribution in [3.63, 3.8) is 0 Å². The molecule has 0 bridgehead atoms. The molecule has 1 saturated heterocycles. The lowest BCUT2D eigenvalue weighted by Crippen LogP contribution is -2.41. The van der Waals surface area contributed by atoms with Gasteiger partial charge in [-0.3, -0.25) is 9.78 Å². The fraction of sp³-hybridized carbons (Fsp3) is 0.438. The Morgan fingerprint density at radius 2 is 2.05 bits per heavy atom. The van der Waals surface area contributed by atoms with Crippen LogP contribution >= 0.6 is 11.3 Å². The van der Waals surface area contributed by atoms with Crippen LogP contribution in [0.5, 0.6) is 0 Å². The van der Waals surface area contributed by atoms with E-state index < -0.39 is 0 Å². The maximum Gasteiger partial charge on any atom is 0.267 e. The smallest absolute Gasteiger partial charge is 0.267 e. The van der Waals surface area contributed by atoms with Gasteiger partial charge in [-0.25, -0.2) is 4.68 Å². The predicted molar refractivity (Wildman–Crippen MR) is 162 cm³/mol. The summed E-state index contributed by atoms with van der Waals surface area (Å²) in [4.78, 5) is 21.1. The van der Waals surface area contributed by atoms with Gasteiger partial charge in [-0.05, 0) is 65.5 Å². The fourth-order valence-electron chi connectivity index (χ4n) is 6.60. The molecule has 1 saturated carbocycles. The van der Waals surface area contributed by atoms with Crippen LogP contribution in [-0.4, -0.2) is 51.7 Å². The summed E-state index contributed by atoms with van der Waals surface area (Å²) in [6.45, 7) is 8.59. The topological polar surface area (TPSA) is 107 Å². The molecule has 0 amide bonds. The Balaban J connectivity index is 1.32. The standard InChI is InChI=1S/C32H34N6O2S/c1-32(2,3)20-9-29(40)38(36-13-20)16-23-11-28-31(41-23)24(4-5-34-28)26-6-18(12-33)7-27-25-8-19(25)15-37(30(26)27)22-10-21(17-39)35-14-22/h4-7,9,11,13,19,21-22,25,35,39H,8,10,14-17H2,1-3H3/t19-,21+,22+,25-/m0/s1. The second-order valence-corrected chi connectivity index (χ2v) is 13.9. The van der Waals surface area contributed by atoms with E-state index in [1.54, 1.807) is 23.6 Å². The second kappa shape index (κ2) is 9.76. The molecule has 0 unspecified atom stereocenters. The van der Waals surface area contributed by atoms with Crippen molar-refractivity contribution in [2.75, 3.05) is 24.6 Å². The van der Waals surface area contributed by atoms with E-state index in [1.807, 2.05) is 12.3 Å². The van der Waals surface area contributed by atoms with E-state index in [-0.39, 0.29) is 23.6 Å². The Morgan fingerprint density at radius 1 is 1.20 bits per heavy atom. The number of anilines is 1. The minimum Gasteiger partial charge on any atom is -0.395 e. The first-order chi connectivity index (χ1) is 19.7. The number of aromatic nitrogens is 3. The van der Waals surface area contributed by atoms with Crippen molar-refractivity contribution < 1.29 is 5.11 Å². The summed E-state index contributed by atoms with van der Waals surface area (Å²) in [6.07, 6.45) is 5.69. The molecule has 2 aliphatic heterocycles. The molecule has 3 aromatic heterocycles. The van der Waals surface area contributed by atoms with E-state index in [1.165, 1.54) is 15.9 Å². The molecule has 41 heavy (non-hydrogen) atoms. The van der Waals surface area contributed by atoms with Gasteiger partial charge < -0.3 is 15.3 Å². The first-order valence-electron chi connectivity index (χ1n) is 14.4. The maximum atomic E-state index is 12.9. The Morgan fingerprint density at radius 3 is 2.78 bits per heavy atom. The molecule has 0 spiro atoms. The number of nitriles is 1. The van der Waals surface area contributed by atoms with Crippen LogP contribution in [0.25, 0.3) is 21.3 Å². The summed E-state index contributed by atoms with van der Waals surface area (Å²) in [7, 11) is 0. The van der Waals surface area contributed by atoms with Crippen LogP contribution in [0.4, 0.5) is 5.69 Å². The summed E-state index contributed by atoms with van der Waals surface area (Å²) in [5.41, 5.74) is 6.88. The summed E-state index contributed by atoms with van der Waals surface area (Å²) in [5, 5.41) is 27.7. The summed E-state index contributed by atoms with van der Waals surface area (Å²) < 4.78 is 2.56. The molecule has 0 radical (unpaired) electrons. The van der Waals surface area contributed by atoms with E-state index in [0.717, 1.165) is 57.7 Å². The summed E-state index contributed by atoms with van der Waals surface area (Å²) in [5.74, 6) is 1.13. The maximum absolute atomic E-state index is 12.9. The fourth-order valence-corrected chi connectivity index (χ4v) is 7.72. The van der Waals surface area contributed by atoms with E-state index in [2.05, 4.69) is 65.3 Å². The number of aliphatic hydroxyl groups is 1. The molecule has 2 N–H and O–H groups in total. The number of rotatable bonds is 5. The normalized spacial score (nSPS) is 23.3. The van der Waals surface area contributed by atoms with Gasteiger partial charge in [0.1, 0.15) is 0 Å². The molecule has 2 fully saturated rings. The third-order valence-corrected chi connectivity index (χ3v) is 10.1. The molecule has 4 atom stereocenters. The average Bonchev–Trinajstić information content (AvgIpc) is 3.38. The van der Waals surface area contributed by atoms with Gasteiger partial charge in [0, 0.05) is 59.1 Å². The number of fused-ring (bicyclic) bond motifs is 4. The van der Waals surface area contributed by atoms with Gasteiger partial charge in [0.25, 0.3) is 5.56 Å². The predicted octanol–water partition coefficient (Wildman–Crippen LogP) is 4.38. The van der Waals surface area contributed by atoms with Crippen LogP contribution in [0.15, 0.2) is 47.5 Å². The van der Waals surface area contributed by atoms with Gasteiger partial charge in [0.15, 0.2) is 0 Å². The van der Waals surface area contributed by atoms with Crippen molar-refractivity contribution >= 4 is 27.2 Å². The van der Waals surface area contributed by atoms with E-state index in [0.29, 0.717) is 30.0 Å². The number of aliphatic hydroxyl groups excluding tert-OH is 1. The van der Waals surface area contributed by atoms with E-state index in [9.17, 15) is 15.2 Å². The minimum absolute atomic E-state index is 0.111. The number of nitrogens with one attached hydrogen (secondary N) is 1. The van der Waals surface area contributed by atoms with Gasteiger partial charge in [0.2, 0.25) is 0 Å². The van der Waals surface area contributed by atoms with Crippen LogP contribution in [0.1, 0.15) is 61.1 Å². The van der Waals surface area contributed by atoms with Gasteiger partial charge in [-0.15, -0.1) is 11.3 Å². The SMILES string of the molecule is CC(C)(C)c1cnn(Cc2cc3nccc(-c4cc(C#N)cc5c4N([C@H]4CN[C@@H](CO)C4)C[C@@H]4C[C@H]54)c3s2)c(=O)c1. The third-order valence-electron chi connectivity index (χ3n) is 8.96.